The SMILES string of the molecule is CCOC(=O)c1cnc2ccc(F)cc2c1Nc1ccc(CC(C)=O)cc1. The van der Waals surface area contributed by atoms with Crippen LogP contribution in [0.4, 0.5) is 15.8 Å². The number of ether oxygens (including phenoxy) is 1. The molecule has 0 unspecified atom stereocenters. The number of nitrogens with one attached hydrogen (secondary N) is 1. The van der Waals surface area contributed by atoms with Gasteiger partial charge in [0.05, 0.1) is 17.8 Å². The van der Waals surface area contributed by atoms with Gasteiger partial charge in [0.15, 0.2) is 0 Å². The van der Waals surface area contributed by atoms with Crippen molar-refractivity contribution in [3.05, 3.63) is 65.6 Å². The van der Waals surface area contributed by atoms with Crippen molar-refractivity contribution in [2.24, 2.45) is 0 Å². The van der Waals surface area contributed by atoms with E-state index in [1.165, 1.54) is 25.3 Å². The van der Waals surface area contributed by atoms with E-state index >= 15 is 0 Å². The van der Waals surface area contributed by atoms with Crippen LogP contribution in [-0.4, -0.2) is 23.3 Å². The zero-order chi connectivity index (χ0) is 19.4. The Kier molecular flexibility index (Phi) is 5.45. The highest BCUT2D eigenvalue weighted by atomic mass is 19.1. The number of halogens is 1. The van der Waals surface area contributed by atoms with E-state index in [0.29, 0.717) is 28.7 Å². The number of carbonyl (C=O) groups excluding carboxylic acids is 2. The van der Waals surface area contributed by atoms with Gasteiger partial charge < -0.3 is 10.1 Å². The summed E-state index contributed by atoms with van der Waals surface area (Å²) in [5.74, 6) is -0.882. The molecular formula is C21H19FN2O3. The number of fused-ring (bicyclic) bond motifs is 1. The van der Waals surface area contributed by atoms with E-state index in [-0.39, 0.29) is 18.0 Å². The number of aromatic nitrogens is 1. The van der Waals surface area contributed by atoms with Crippen LogP contribution in [0.25, 0.3) is 10.9 Å². The molecule has 0 aliphatic rings. The molecule has 0 bridgehead atoms. The van der Waals surface area contributed by atoms with E-state index in [2.05, 4.69) is 10.3 Å². The predicted octanol–water partition coefficient (Wildman–Crippen LogP) is 4.43. The molecule has 1 heterocycles. The molecule has 0 saturated heterocycles. The van der Waals surface area contributed by atoms with Gasteiger partial charge in [0.1, 0.15) is 17.2 Å². The standard InChI is InChI=1S/C21H19FN2O3/c1-3-27-21(26)18-12-23-19-9-6-15(22)11-17(19)20(18)24-16-7-4-14(5-8-16)10-13(2)25/h4-9,11-12H,3,10H2,1-2H3,(H,23,24). The summed E-state index contributed by atoms with van der Waals surface area (Å²) >= 11 is 0. The summed E-state index contributed by atoms with van der Waals surface area (Å²) in [4.78, 5) is 27.8. The molecule has 2 aromatic carbocycles. The van der Waals surface area contributed by atoms with Crippen molar-refractivity contribution in [1.82, 2.24) is 4.98 Å². The van der Waals surface area contributed by atoms with Gasteiger partial charge in [0.2, 0.25) is 0 Å². The largest absolute Gasteiger partial charge is 0.462 e. The van der Waals surface area contributed by atoms with E-state index in [1.54, 1.807) is 25.1 Å². The number of nitrogens with zero attached hydrogens (tertiary/aromatic N) is 1. The minimum Gasteiger partial charge on any atom is -0.462 e. The lowest BCUT2D eigenvalue weighted by atomic mass is 10.1. The van der Waals surface area contributed by atoms with Crippen LogP contribution in [-0.2, 0) is 16.0 Å². The van der Waals surface area contributed by atoms with Gasteiger partial charge in [-0.25, -0.2) is 9.18 Å². The second-order valence-corrected chi connectivity index (χ2v) is 6.13. The summed E-state index contributed by atoms with van der Waals surface area (Å²) in [6.07, 6.45) is 1.78. The van der Waals surface area contributed by atoms with Crippen molar-refractivity contribution in [1.29, 1.82) is 0 Å². The number of rotatable bonds is 6. The maximum absolute atomic E-state index is 13.8. The van der Waals surface area contributed by atoms with E-state index in [9.17, 15) is 14.0 Å². The molecule has 0 amide bonds. The molecule has 0 saturated carbocycles. The van der Waals surface area contributed by atoms with Crippen LogP contribution in [0.3, 0.4) is 0 Å². The van der Waals surface area contributed by atoms with Gasteiger partial charge in [-0.15, -0.1) is 0 Å². The van der Waals surface area contributed by atoms with Crippen LogP contribution in [0.2, 0.25) is 0 Å². The van der Waals surface area contributed by atoms with E-state index in [4.69, 9.17) is 4.74 Å². The van der Waals surface area contributed by atoms with Crippen molar-refractivity contribution >= 4 is 34.0 Å². The summed E-state index contributed by atoms with van der Waals surface area (Å²) in [6, 6.07) is 11.5. The molecule has 6 heteroatoms. The second kappa shape index (κ2) is 7.95. The summed E-state index contributed by atoms with van der Waals surface area (Å²) in [5.41, 5.74) is 2.80. The number of Topliss-reactive ketones (excluding diaryl/α,β-unsaturated/α-hetero) is 1. The Labute approximate surface area is 156 Å². The Balaban J connectivity index is 2.04. The smallest absolute Gasteiger partial charge is 0.341 e. The van der Waals surface area contributed by atoms with Crippen LogP contribution >= 0.6 is 0 Å². The maximum atomic E-state index is 13.8. The molecule has 0 fully saturated rings. The molecule has 0 atom stereocenters. The number of ketones is 1. The predicted molar refractivity (Wildman–Crippen MR) is 102 cm³/mol. The average Bonchev–Trinajstić information content (AvgIpc) is 2.63. The first-order valence-corrected chi connectivity index (χ1v) is 8.58. The molecule has 1 N–H and O–H groups in total. The molecule has 27 heavy (non-hydrogen) atoms. The molecule has 0 aliphatic carbocycles. The number of hydrogen-bond acceptors (Lipinski definition) is 5. The molecule has 3 rings (SSSR count). The Morgan fingerprint density at radius 2 is 1.89 bits per heavy atom. The number of pyridine rings is 1. The fourth-order valence-corrected chi connectivity index (χ4v) is 2.80. The number of esters is 1. The lowest BCUT2D eigenvalue weighted by Crippen LogP contribution is -2.09. The van der Waals surface area contributed by atoms with Gasteiger partial charge in [-0.1, -0.05) is 12.1 Å². The third kappa shape index (κ3) is 4.28. The first-order chi connectivity index (χ1) is 13.0. The van der Waals surface area contributed by atoms with Crippen LogP contribution < -0.4 is 5.32 Å². The highest BCUT2D eigenvalue weighted by Gasteiger charge is 2.17. The summed E-state index contributed by atoms with van der Waals surface area (Å²) in [5, 5.41) is 3.65. The molecular weight excluding hydrogens is 347 g/mol. The fourth-order valence-electron chi connectivity index (χ4n) is 2.80. The lowest BCUT2D eigenvalue weighted by Gasteiger charge is -2.14. The van der Waals surface area contributed by atoms with Crippen LogP contribution in [0.5, 0.6) is 0 Å². The Hall–Kier alpha value is -3.28. The molecule has 0 spiro atoms. The maximum Gasteiger partial charge on any atom is 0.341 e. The highest BCUT2D eigenvalue weighted by Crippen LogP contribution is 2.30. The van der Waals surface area contributed by atoms with Crippen molar-refractivity contribution in [3.8, 4) is 0 Å². The zero-order valence-electron chi connectivity index (χ0n) is 15.1. The minimum atomic E-state index is -0.535. The topological polar surface area (TPSA) is 68.3 Å². The van der Waals surface area contributed by atoms with Gasteiger partial charge in [-0.05, 0) is 49.7 Å². The van der Waals surface area contributed by atoms with Crippen molar-refractivity contribution in [2.45, 2.75) is 20.3 Å². The Bertz CT molecular complexity index is 1000. The quantitative estimate of drug-likeness (QED) is 0.654. The molecule has 0 radical (unpaired) electrons. The summed E-state index contributed by atoms with van der Waals surface area (Å²) in [6.45, 7) is 3.47. The van der Waals surface area contributed by atoms with Gasteiger partial charge in [-0.2, -0.15) is 0 Å². The molecule has 5 nitrogen and oxygen atoms in total. The minimum absolute atomic E-state index is 0.0795. The monoisotopic (exact) mass is 366 g/mol. The summed E-state index contributed by atoms with van der Waals surface area (Å²) in [7, 11) is 0. The first-order valence-electron chi connectivity index (χ1n) is 8.58. The van der Waals surface area contributed by atoms with E-state index in [1.807, 2.05) is 12.1 Å². The van der Waals surface area contributed by atoms with Gasteiger partial charge in [0, 0.05) is 23.7 Å². The van der Waals surface area contributed by atoms with Crippen molar-refractivity contribution in [2.75, 3.05) is 11.9 Å². The molecule has 3 aromatic rings. The number of anilines is 2. The third-order valence-electron chi connectivity index (χ3n) is 4.00. The van der Waals surface area contributed by atoms with Crippen LogP contribution in [0.15, 0.2) is 48.7 Å². The van der Waals surface area contributed by atoms with E-state index in [0.717, 1.165) is 5.56 Å². The Morgan fingerprint density at radius 3 is 2.56 bits per heavy atom. The van der Waals surface area contributed by atoms with Crippen molar-refractivity contribution in [3.63, 3.8) is 0 Å². The normalized spacial score (nSPS) is 10.6. The number of hydrogen-bond donors (Lipinski definition) is 1. The fraction of sp³-hybridized carbons (Fsp3) is 0.190. The molecule has 138 valence electrons. The Morgan fingerprint density at radius 1 is 1.15 bits per heavy atom. The second-order valence-electron chi connectivity index (χ2n) is 6.13. The highest BCUT2D eigenvalue weighted by molar-refractivity contribution is 6.06. The lowest BCUT2D eigenvalue weighted by molar-refractivity contribution is -0.116. The van der Waals surface area contributed by atoms with Gasteiger partial charge in [0.25, 0.3) is 0 Å². The van der Waals surface area contributed by atoms with Gasteiger partial charge in [-0.3, -0.25) is 9.78 Å². The summed E-state index contributed by atoms with van der Waals surface area (Å²) < 4.78 is 18.9. The zero-order valence-corrected chi connectivity index (χ0v) is 15.1. The van der Waals surface area contributed by atoms with E-state index < -0.39 is 11.8 Å². The van der Waals surface area contributed by atoms with Gasteiger partial charge >= 0.3 is 5.97 Å². The number of benzene rings is 2. The number of carbonyl (C=O) groups is 2. The average molecular weight is 366 g/mol. The first kappa shape index (κ1) is 18.5. The molecule has 1 aromatic heterocycles. The van der Waals surface area contributed by atoms with Crippen LogP contribution in [0, 0.1) is 5.82 Å². The third-order valence-corrected chi connectivity index (χ3v) is 4.00. The molecule has 0 aliphatic heterocycles. The van der Waals surface area contributed by atoms with Crippen LogP contribution in [0.1, 0.15) is 29.8 Å². The van der Waals surface area contributed by atoms with Crippen molar-refractivity contribution < 1.29 is 18.7 Å².